The molecule has 0 aliphatic rings. The van der Waals surface area contributed by atoms with Crippen LogP contribution in [0.3, 0.4) is 0 Å². The van der Waals surface area contributed by atoms with Crippen molar-refractivity contribution in [2.45, 2.75) is 20.8 Å². The van der Waals surface area contributed by atoms with Gasteiger partial charge in [0.05, 0.1) is 6.54 Å². The van der Waals surface area contributed by atoms with Gasteiger partial charge >= 0.3 is 0 Å². The molecule has 1 amide bonds. The van der Waals surface area contributed by atoms with Crippen molar-refractivity contribution in [3.8, 4) is 5.75 Å². The molecule has 2 aromatic rings. The van der Waals surface area contributed by atoms with E-state index in [2.05, 4.69) is 24.4 Å². The summed E-state index contributed by atoms with van der Waals surface area (Å²) in [5, 5.41) is 2.86. The molecule has 0 aromatic heterocycles. The van der Waals surface area contributed by atoms with E-state index in [-0.39, 0.29) is 5.91 Å². The molecule has 3 nitrogen and oxygen atoms in total. The lowest BCUT2D eigenvalue weighted by molar-refractivity contribution is 0.0947. The van der Waals surface area contributed by atoms with Crippen molar-refractivity contribution < 1.29 is 9.53 Å². The van der Waals surface area contributed by atoms with Gasteiger partial charge in [0, 0.05) is 5.56 Å². The van der Waals surface area contributed by atoms with Crippen LogP contribution in [-0.4, -0.2) is 19.1 Å². The Kier molecular flexibility index (Phi) is 4.99. The Balaban J connectivity index is 1.84. The third-order valence-corrected chi connectivity index (χ3v) is 3.27. The number of hydrogen-bond donors (Lipinski definition) is 1. The quantitative estimate of drug-likeness (QED) is 0.854. The van der Waals surface area contributed by atoms with Gasteiger partial charge in [-0.05, 0) is 44.0 Å². The molecule has 0 spiro atoms. The van der Waals surface area contributed by atoms with E-state index in [9.17, 15) is 4.79 Å². The predicted octanol–water partition coefficient (Wildman–Crippen LogP) is 3.42. The van der Waals surface area contributed by atoms with Crippen molar-refractivity contribution in [2.75, 3.05) is 13.2 Å². The number of ether oxygens (including phenoxy) is 1. The SMILES string of the molecule is Cc1cc(C)c(OCCNC(=O)c2ccccc2)c(C)c1. The van der Waals surface area contributed by atoms with Gasteiger partial charge in [-0.3, -0.25) is 4.79 Å². The van der Waals surface area contributed by atoms with Crippen molar-refractivity contribution in [2.24, 2.45) is 0 Å². The number of rotatable bonds is 5. The third-order valence-electron chi connectivity index (χ3n) is 3.27. The zero-order valence-electron chi connectivity index (χ0n) is 12.8. The van der Waals surface area contributed by atoms with E-state index >= 15 is 0 Å². The molecule has 0 unspecified atom stereocenters. The van der Waals surface area contributed by atoms with Crippen LogP contribution >= 0.6 is 0 Å². The van der Waals surface area contributed by atoms with Crippen LogP contribution in [0.15, 0.2) is 42.5 Å². The topological polar surface area (TPSA) is 38.3 Å². The Bertz CT molecular complexity index is 597. The first-order chi connectivity index (χ1) is 10.1. The standard InChI is InChI=1S/C18H21NO2/c1-13-11-14(2)17(15(3)12-13)21-10-9-19-18(20)16-7-5-4-6-8-16/h4-8,11-12H,9-10H2,1-3H3,(H,19,20). The van der Waals surface area contributed by atoms with Crippen molar-refractivity contribution in [3.05, 3.63) is 64.7 Å². The van der Waals surface area contributed by atoms with Crippen LogP contribution in [0.2, 0.25) is 0 Å². The molecule has 110 valence electrons. The number of aryl methyl sites for hydroxylation is 3. The highest BCUT2D eigenvalue weighted by atomic mass is 16.5. The van der Waals surface area contributed by atoms with Crippen molar-refractivity contribution in [1.29, 1.82) is 0 Å². The summed E-state index contributed by atoms with van der Waals surface area (Å²) in [7, 11) is 0. The van der Waals surface area contributed by atoms with Gasteiger partial charge in [0.2, 0.25) is 0 Å². The Morgan fingerprint density at radius 3 is 2.29 bits per heavy atom. The Hall–Kier alpha value is -2.29. The molecule has 1 N–H and O–H groups in total. The second-order valence-electron chi connectivity index (χ2n) is 5.20. The van der Waals surface area contributed by atoms with Crippen LogP contribution in [0, 0.1) is 20.8 Å². The molecule has 0 aliphatic heterocycles. The zero-order valence-corrected chi connectivity index (χ0v) is 12.8. The largest absolute Gasteiger partial charge is 0.491 e. The van der Waals surface area contributed by atoms with E-state index < -0.39 is 0 Å². The van der Waals surface area contributed by atoms with Crippen molar-refractivity contribution in [3.63, 3.8) is 0 Å². The summed E-state index contributed by atoms with van der Waals surface area (Å²) in [6.07, 6.45) is 0. The number of hydrogen-bond acceptors (Lipinski definition) is 2. The van der Waals surface area contributed by atoms with Crippen LogP contribution < -0.4 is 10.1 Å². The average Bonchev–Trinajstić information content (AvgIpc) is 2.46. The number of amides is 1. The van der Waals surface area contributed by atoms with Gasteiger partial charge in [-0.15, -0.1) is 0 Å². The number of nitrogens with one attached hydrogen (secondary N) is 1. The van der Waals surface area contributed by atoms with E-state index in [0.717, 1.165) is 16.9 Å². The Morgan fingerprint density at radius 1 is 1.05 bits per heavy atom. The molecule has 0 heterocycles. The van der Waals surface area contributed by atoms with E-state index in [1.54, 1.807) is 12.1 Å². The molecule has 2 aromatic carbocycles. The maximum absolute atomic E-state index is 11.9. The number of carbonyl (C=O) groups is 1. The van der Waals surface area contributed by atoms with E-state index in [4.69, 9.17) is 4.74 Å². The number of benzene rings is 2. The summed E-state index contributed by atoms with van der Waals surface area (Å²) in [6.45, 7) is 7.10. The maximum Gasteiger partial charge on any atom is 0.251 e. The molecule has 0 aliphatic carbocycles. The molecule has 0 bridgehead atoms. The minimum Gasteiger partial charge on any atom is -0.491 e. The molecule has 0 radical (unpaired) electrons. The third kappa shape index (κ3) is 4.09. The highest BCUT2D eigenvalue weighted by Gasteiger charge is 2.06. The molecular formula is C18H21NO2. The number of carbonyl (C=O) groups excluding carboxylic acids is 1. The summed E-state index contributed by atoms with van der Waals surface area (Å²) in [5.74, 6) is 0.839. The second kappa shape index (κ2) is 6.93. The molecule has 0 fully saturated rings. The van der Waals surface area contributed by atoms with E-state index in [0.29, 0.717) is 18.7 Å². The van der Waals surface area contributed by atoms with Crippen LogP contribution in [-0.2, 0) is 0 Å². The molecule has 0 atom stereocenters. The van der Waals surface area contributed by atoms with Crippen LogP contribution in [0.4, 0.5) is 0 Å². The minimum atomic E-state index is -0.0726. The Labute approximate surface area is 126 Å². The average molecular weight is 283 g/mol. The normalized spacial score (nSPS) is 10.2. The molecule has 3 heteroatoms. The van der Waals surface area contributed by atoms with Gasteiger partial charge in [0.1, 0.15) is 12.4 Å². The fraction of sp³-hybridized carbons (Fsp3) is 0.278. The monoisotopic (exact) mass is 283 g/mol. The van der Waals surface area contributed by atoms with Crippen molar-refractivity contribution >= 4 is 5.91 Å². The molecule has 2 rings (SSSR count). The molecule has 0 saturated carbocycles. The fourth-order valence-electron chi connectivity index (χ4n) is 2.40. The van der Waals surface area contributed by atoms with Crippen molar-refractivity contribution in [1.82, 2.24) is 5.32 Å². The summed E-state index contributed by atoms with van der Waals surface area (Å²) in [5.41, 5.74) is 4.15. The summed E-state index contributed by atoms with van der Waals surface area (Å²) in [4.78, 5) is 11.9. The van der Waals surface area contributed by atoms with Crippen LogP contribution in [0.1, 0.15) is 27.0 Å². The summed E-state index contributed by atoms with van der Waals surface area (Å²) < 4.78 is 5.79. The minimum absolute atomic E-state index is 0.0726. The van der Waals surface area contributed by atoms with Gasteiger partial charge in [-0.1, -0.05) is 35.9 Å². The first kappa shape index (κ1) is 15.1. The van der Waals surface area contributed by atoms with E-state index in [1.807, 2.05) is 32.0 Å². The highest BCUT2D eigenvalue weighted by molar-refractivity contribution is 5.94. The fourth-order valence-corrected chi connectivity index (χ4v) is 2.40. The lowest BCUT2D eigenvalue weighted by Gasteiger charge is -2.13. The Morgan fingerprint density at radius 2 is 1.67 bits per heavy atom. The first-order valence-electron chi connectivity index (χ1n) is 7.12. The highest BCUT2D eigenvalue weighted by Crippen LogP contribution is 2.24. The van der Waals surface area contributed by atoms with Gasteiger partial charge < -0.3 is 10.1 Å². The van der Waals surface area contributed by atoms with Crippen LogP contribution in [0.5, 0.6) is 5.75 Å². The second-order valence-corrected chi connectivity index (χ2v) is 5.20. The lowest BCUT2D eigenvalue weighted by atomic mass is 10.1. The van der Waals surface area contributed by atoms with Gasteiger partial charge in [0.25, 0.3) is 5.91 Å². The first-order valence-corrected chi connectivity index (χ1v) is 7.12. The maximum atomic E-state index is 11.9. The molecular weight excluding hydrogens is 262 g/mol. The van der Waals surface area contributed by atoms with Gasteiger partial charge in [0.15, 0.2) is 0 Å². The lowest BCUT2D eigenvalue weighted by Crippen LogP contribution is -2.28. The molecule has 21 heavy (non-hydrogen) atoms. The summed E-state index contributed by atoms with van der Waals surface area (Å²) >= 11 is 0. The predicted molar refractivity (Wildman–Crippen MR) is 84.9 cm³/mol. The molecule has 0 saturated heterocycles. The van der Waals surface area contributed by atoms with E-state index in [1.165, 1.54) is 5.56 Å². The smallest absolute Gasteiger partial charge is 0.251 e. The zero-order chi connectivity index (χ0) is 15.2. The van der Waals surface area contributed by atoms with Gasteiger partial charge in [-0.25, -0.2) is 0 Å². The van der Waals surface area contributed by atoms with Crippen LogP contribution in [0.25, 0.3) is 0 Å². The van der Waals surface area contributed by atoms with Gasteiger partial charge in [-0.2, -0.15) is 0 Å². The summed E-state index contributed by atoms with van der Waals surface area (Å²) in [6, 6.07) is 13.4.